The van der Waals surface area contributed by atoms with E-state index in [4.69, 9.17) is 28.6 Å². The molecule has 4 heteroatoms. The van der Waals surface area contributed by atoms with Crippen molar-refractivity contribution in [2.24, 2.45) is 0 Å². The summed E-state index contributed by atoms with van der Waals surface area (Å²) in [5.41, 5.74) is 3.88. The van der Waals surface area contributed by atoms with E-state index in [0.29, 0.717) is 5.88 Å². The van der Waals surface area contributed by atoms with E-state index in [9.17, 15) is 0 Å². The fourth-order valence-electron chi connectivity index (χ4n) is 1.77. The molecule has 0 N–H and O–H groups in total. The molecule has 0 spiro atoms. The van der Waals surface area contributed by atoms with Crippen LogP contribution in [0.2, 0.25) is 0 Å². The van der Waals surface area contributed by atoms with Crippen LogP contribution in [-0.4, -0.2) is 0 Å². The molecule has 0 fully saturated rings. The Labute approximate surface area is 120 Å². The second-order valence-corrected chi connectivity index (χ2v) is 7.61. The fraction of sp³-hybridized carbons (Fsp3) is 0.250. The van der Waals surface area contributed by atoms with Gasteiger partial charge in [0.1, 0.15) is 0 Å². The Bertz CT molecular complexity index is 462. The van der Waals surface area contributed by atoms with Crippen molar-refractivity contribution in [1.29, 1.82) is 0 Å². The molecule has 0 bridgehead atoms. The summed E-state index contributed by atoms with van der Waals surface area (Å²) in [5, 5.41) is 2.66. The first-order valence-corrected chi connectivity index (χ1v) is 11.7. The minimum atomic E-state index is -0.826. The van der Waals surface area contributed by atoms with Crippen LogP contribution in [0, 0.1) is 13.8 Å². The zero-order chi connectivity index (χ0) is 12.1. The van der Waals surface area contributed by atoms with Gasteiger partial charge in [-0.1, -0.05) is 25.5 Å². The zero-order valence-electron chi connectivity index (χ0n) is 9.15. The topological polar surface area (TPSA) is 0 Å². The van der Waals surface area contributed by atoms with Crippen LogP contribution < -0.4 is 0 Å². The molecule has 0 nitrogen and oxygen atoms in total. The van der Waals surface area contributed by atoms with E-state index in [-0.39, 0.29) is 0 Å². The van der Waals surface area contributed by atoms with E-state index in [0.717, 1.165) is 0 Å². The average Bonchev–Trinajstić information content (AvgIpc) is 2.62. The molecular formula is C12H12Cl3Zr-. The summed E-state index contributed by atoms with van der Waals surface area (Å²) in [6.07, 6.45) is 0. The number of benzene rings is 1. The van der Waals surface area contributed by atoms with Crippen LogP contribution in [0.15, 0.2) is 24.3 Å². The molecule has 0 aliphatic rings. The molecule has 0 unspecified atom stereocenters. The summed E-state index contributed by atoms with van der Waals surface area (Å²) in [6.45, 7) is 4.26. The van der Waals surface area contributed by atoms with Gasteiger partial charge in [0.25, 0.3) is 0 Å². The summed E-state index contributed by atoms with van der Waals surface area (Å²) in [4.78, 5) is 0. The molecule has 0 atom stereocenters. The SMILES string of the molecule is Cc1cc2c(CCl)ccc(C)c2[cH-]1.[Cl][Zr][Cl]. The van der Waals surface area contributed by atoms with Crippen molar-refractivity contribution in [3.05, 3.63) is 41.0 Å². The van der Waals surface area contributed by atoms with Gasteiger partial charge in [-0.05, 0) is 0 Å². The van der Waals surface area contributed by atoms with Gasteiger partial charge < -0.3 is 0 Å². The number of alkyl halides is 1. The van der Waals surface area contributed by atoms with E-state index >= 15 is 0 Å². The van der Waals surface area contributed by atoms with Crippen LogP contribution in [0.25, 0.3) is 10.8 Å². The summed E-state index contributed by atoms with van der Waals surface area (Å²) >= 11 is 5.04. The van der Waals surface area contributed by atoms with Gasteiger partial charge in [-0.2, -0.15) is 6.07 Å². The van der Waals surface area contributed by atoms with Crippen molar-refractivity contribution in [2.45, 2.75) is 19.7 Å². The van der Waals surface area contributed by atoms with Crippen molar-refractivity contribution in [3.8, 4) is 0 Å². The average molecular weight is 354 g/mol. The molecule has 0 aliphatic carbocycles. The van der Waals surface area contributed by atoms with Gasteiger partial charge in [-0.15, -0.1) is 45.6 Å². The molecule has 2 aromatic carbocycles. The maximum absolute atomic E-state index is 5.87. The first-order valence-electron chi connectivity index (χ1n) is 4.81. The molecule has 0 heterocycles. The van der Waals surface area contributed by atoms with E-state index in [2.05, 4.69) is 38.1 Å². The van der Waals surface area contributed by atoms with Gasteiger partial charge in [-0.25, -0.2) is 0 Å². The summed E-state index contributed by atoms with van der Waals surface area (Å²) in [7, 11) is 9.87. The predicted molar refractivity (Wildman–Crippen MR) is 70.3 cm³/mol. The molecule has 0 amide bonds. The normalized spacial score (nSPS) is 9.81. The van der Waals surface area contributed by atoms with Gasteiger partial charge >= 0.3 is 37.9 Å². The van der Waals surface area contributed by atoms with Crippen LogP contribution in [0.3, 0.4) is 0 Å². The van der Waals surface area contributed by atoms with E-state index in [1.807, 2.05) is 0 Å². The number of rotatable bonds is 1. The molecule has 0 aliphatic heterocycles. The number of hydrogen-bond acceptors (Lipinski definition) is 0. The predicted octanol–water partition coefficient (Wildman–Crippen LogP) is 5.29. The number of hydrogen-bond donors (Lipinski definition) is 0. The van der Waals surface area contributed by atoms with Crippen molar-refractivity contribution < 1.29 is 20.8 Å². The van der Waals surface area contributed by atoms with Crippen molar-refractivity contribution in [2.75, 3.05) is 0 Å². The standard InChI is InChI=1S/C12H12Cl.2ClH.Zr/c1-8-5-11-9(2)3-4-10(7-13)12(11)6-8;;;/h3-6H,7H2,1-2H3;2*1H;/q-1;;;+2/p-2. The Morgan fingerprint density at radius 3 is 2.44 bits per heavy atom. The van der Waals surface area contributed by atoms with Crippen LogP contribution >= 0.6 is 28.6 Å². The first kappa shape index (κ1) is 14.6. The Morgan fingerprint density at radius 1 is 1.25 bits per heavy atom. The molecule has 0 saturated carbocycles. The number of fused-ring (bicyclic) bond motifs is 1. The Hall–Kier alpha value is 0.583. The minimum absolute atomic E-state index is 0.597. The van der Waals surface area contributed by atoms with Crippen LogP contribution in [0.4, 0.5) is 0 Å². The number of aryl methyl sites for hydroxylation is 2. The van der Waals surface area contributed by atoms with Gasteiger partial charge in [0.05, 0.1) is 0 Å². The summed E-state index contributed by atoms with van der Waals surface area (Å²) in [6, 6.07) is 8.68. The third-order valence-corrected chi connectivity index (χ3v) is 2.77. The van der Waals surface area contributed by atoms with E-state index in [1.54, 1.807) is 0 Å². The van der Waals surface area contributed by atoms with Crippen LogP contribution in [0.5, 0.6) is 0 Å². The molecule has 0 aromatic heterocycles. The van der Waals surface area contributed by atoms with Crippen molar-refractivity contribution in [3.63, 3.8) is 0 Å². The fourth-order valence-corrected chi connectivity index (χ4v) is 2.00. The molecular weight excluding hydrogens is 342 g/mol. The van der Waals surface area contributed by atoms with Gasteiger partial charge in [0.2, 0.25) is 0 Å². The monoisotopic (exact) mass is 351 g/mol. The number of halogens is 3. The third-order valence-electron chi connectivity index (χ3n) is 2.48. The second-order valence-electron chi connectivity index (χ2n) is 3.61. The summed E-state index contributed by atoms with van der Waals surface area (Å²) < 4.78 is 0. The third kappa shape index (κ3) is 3.54. The quantitative estimate of drug-likeness (QED) is 0.482. The Morgan fingerprint density at radius 2 is 1.88 bits per heavy atom. The van der Waals surface area contributed by atoms with E-state index in [1.165, 1.54) is 27.5 Å². The zero-order valence-corrected chi connectivity index (χ0v) is 13.9. The molecule has 0 saturated heterocycles. The van der Waals surface area contributed by atoms with E-state index < -0.39 is 20.8 Å². The first-order chi connectivity index (χ1) is 7.63. The van der Waals surface area contributed by atoms with Gasteiger partial charge in [-0.3, -0.25) is 0 Å². The molecule has 0 radical (unpaired) electrons. The Balaban J connectivity index is 0.000000386. The van der Waals surface area contributed by atoms with Gasteiger partial charge in [0.15, 0.2) is 0 Å². The molecule has 2 aromatic rings. The Kier molecular flexibility index (Phi) is 6.51. The summed E-state index contributed by atoms with van der Waals surface area (Å²) in [5.74, 6) is 0.597. The van der Waals surface area contributed by atoms with Crippen LogP contribution in [-0.2, 0) is 26.7 Å². The molecule has 2 rings (SSSR count). The van der Waals surface area contributed by atoms with Crippen LogP contribution in [0.1, 0.15) is 16.7 Å². The van der Waals surface area contributed by atoms with Gasteiger partial charge in [0, 0.05) is 5.88 Å². The molecule has 86 valence electrons. The second kappa shape index (κ2) is 7.11. The van der Waals surface area contributed by atoms with Crippen molar-refractivity contribution in [1.82, 2.24) is 0 Å². The maximum atomic E-state index is 5.87. The molecule has 16 heavy (non-hydrogen) atoms. The van der Waals surface area contributed by atoms with Crippen molar-refractivity contribution >= 4 is 39.4 Å².